The number of hydrogen-bond donors (Lipinski definition) is 3. The molecule has 6 rings (SSSR count). The van der Waals surface area contributed by atoms with Gasteiger partial charge in [0.05, 0.1) is 0 Å². The molecule has 0 bridgehead atoms. The molecule has 3 N–H and O–H groups in total. The van der Waals surface area contributed by atoms with Gasteiger partial charge in [-0.3, -0.25) is 4.79 Å². The van der Waals surface area contributed by atoms with Gasteiger partial charge in [0.1, 0.15) is 23.8 Å². The summed E-state index contributed by atoms with van der Waals surface area (Å²) < 4.78 is 17.1. The summed E-state index contributed by atoms with van der Waals surface area (Å²) in [5.74, 6) is -0.221. The fourth-order valence-electron chi connectivity index (χ4n) is 4.53. The first kappa shape index (κ1) is 16.3. The number of carbonyl (C=O) groups is 2. The van der Waals surface area contributed by atoms with Crippen LogP contribution < -0.4 is 19.5 Å². The number of hydrogen-bond acceptors (Lipinski definition) is 5. The van der Waals surface area contributed by atoms with Crippen LogP contribution in [-0.4, -0.2) is 34.8 Å². The molecule has 4 heterocycles. The zero-order valence-electron chi connectivity index (χ0n) is 15.1. The Morgan fingerprint density at radius 1 is 1.10 bits per heavy atom. The van der Waals surface area contributed by atoms with Crippen molar-refractivity contribution in [1.29, 1.82) is 0 Å². The summed E-state index contributed by atoms with van der Waals surface area (Å²) >= 11 is 0. The first-order valence-corrected chi connectivity index (χ1v) is 9.32. The van der Waals surface area contributed by atoms with Gasteiger partial charge in [-0.1, -0.05) is 6.07 Å². The van der Waals surface area contributed by atoms with E-state index in [0.717, 1.165) is 27.6 Å². The molecule has 3 aliphatic rings. The lowest BCUT2D eigenvalue weighted by molar-refractivity contribution is -0.142. The Kier molecular flexibility index (Phi) is 3.18. The molecule has 3 aliphatic heterocycles. The Hall–Kier alpha value is -3.68. The molecule has 0 fully saturated rings. The molecular weight excluding hydrogens is 376 g/mol. The fourth-order valence-corrected chi connectivity index (χ4v) is 4.53. The first-order valence-electron chi connectivity index (χ1n) is 9.32. The molecule has 0 aliphatic carbocycles. The number of carbonyl (C=O) groups excluding carboxylic acids is 1. The van der Waals surface area contributed by atoms with E-state index in [-0.39, 0.29) is 19.1 Å². The molecule has 146 valence electrons. The number of fused-ring (bicyclic) bond motifs is 1. The summed E-state index contributed by atoms with van der Waals surface area (Å²) in [7, 11) is 0. The van der Waals surface area contributed by atoms with E-state index in [4.69, 9.17) is 14.2 Å². The molecule has 8 nitrogen and oxygen atoms in total. The van der Waals surface area contributed by atoms with E-state index in [9.17, 15) is 14.7 Å². The van der Waals surface area contributed by atoms with Gasteiger partial charge in [-0.25, -0.2) is 4.79 Å². The summed E-state index contributed by atoms with van der Waals surface area (Å²) in [6.07, 6.45) is 1.42. The van der Waals surface area contributed by atoms with Crippen molar-refractivity contribution < 1.29 is 28.9 Å². The van der Waals surface area contributed by atoms with Gasteiger partial charge in [0.15, 0.2) is 11.5 Å². The predicted octanol–water partition coefficient (Wildman–Crippen LogP) is 2.24. The quantitative estimate of drug-likeness (QED) is 0.617. The highest BCUT2D eigenvalue weighted by molar-refractivity contribution is 5.99. The van der Waals surface area contributed by atoms with Gasteiger partial charge in [0.2, 0.25) is 12.7 Å². The molecule has 8 heteroatoms. The van der Waals surface area contributed by atoms with Crippen molar-refractivity contribution in [2.45, 2.75) is 24.5 Å². The number of carboxylic acids is 1. The maximum absolute atomic E-state index is 13.2. The average Bonchev–Trinajstić information content (AvgIpc) is 3.41. The van der Waals surface area contributed by atoms with Crippen molar-refractivity contribution in [3.8, 4) is 17.2 Å². The van der Waals surface area contributed by atoms with E-state index in [0.29, 0.717) is 17.2 Å². The van der Waals surface area contributed by atoms with Gasteiger partial charge in [0, 0.05) is 29.1 Å². The number of benzene rings is 2. The van der Waals surface area contributed by atoms with E-state index in [1.54, 1.807) is 6.07 Å². The van der Waals surface area contributed by atoms with Crippen molar-refractivity contribution in [3.05, 3.63) is 53.2 Å². The second-order valence-electron chi connectivity index (χ2n) is 7.45. The molecule has 0 saturated heterocycles. The van der Waals surface area contributed by atoms with Crippen LogP contribution in [0.3, 0.4) is 0 Å². The van der Waals surface area contributed by atoms with Crippen LogP contribution in [0, 0.1) is 0 Å². The van der Waals surface area contributed by atoms with Gasteiger partial charge in [-0.2, -0.15) is 0 Å². The normalized spacial score (nSPS) is 24.0. The minimum atomic E-state index is -1.06. The number of carboxylic acid groups (broad SMARTS) is 1. The molecule has 1 amide bonds. The minimum absolute atomic E-state index is 0.155. The number of ether oxygens (including phenoxy) is 3. The SMILES string of the molecule is O=C(O)C1Cc2c[nH]c3ccc4c(c23)[C@@H](C(=O)N1)[C@@H](c1ccc2c(c1)OCO2)O4. The Labute approximate surface area is 164 Å². The zero-order valence-corrected chi connectivity index (χ0v) is 15.1. The van der Waals surface area contributed by atoms with Crippen LogP contribution in [0.1, 0.15) is 28.7 Å². The van der Waals surface area contributed by atoms with Crippen molar-refractivity contribution >= 4 is 22.8 Å². The Morgan fingerprint density at radius 3 is 2.79 bits per heavy atom. The summed E-state index contributed by atoms with van der Waals surface area (Å²) in [4.78, 5) is 28.1. The molecule has 2 aromatic carbocycles. The van der Waals surface area contributed by atoms with E-state index in [1.807, 2.05) is 30.5 Å². The molecule has 1 unspecified atom stereocenters. The van der Waals surface area contributed by atoms with Gasteiger partial charge >= 0.3 is 5.97 Å². The largest absolute Gasteiger partial charge is 0.484 e. The lowest BCUT2D eigenvalue weighted by Crippen LogP contribution is -2.45. The molecule has 0 saturated carbocycles. The lowest BCUT2D eigenvalue weighted by atomic mass is 9.85. The van der Waals surface area contributed by atoms with E-state index in [1.165, 1.54) is 0 Å². The second-order valence-corrected chi connectivity index (χ2v) is 7.45. The van der Waals surface area contributed by atoms with Crippen molar-refractivity contribution in [3.63, 3.8) is 0 Å². The summed E-state index contributed by atoms with van der Waals surface area (Å²) in [6.45, 7) is 0.155. The van der Waals surface area contributed by atoms with Crippen LogP contribution in [0.25, 0.3) is 10.9 Å². The van der Waals surface area contributed by atoms with Gasteiger partial charge in [-0.05, 0) is 35.4 Å². The molecule has 0 spiro atoms. The summed E-state index contributed by atoms with van der Waals surface area (Å²) in [6, 6.07) is 8.20. The number of nitrogens with one attached hydrogen (secondary N) is 2. The highest BCUT2D eigenvalue weighted by Crippen LogP contribution is 2.51. The third kappa shape index (κ3) is 2.25. The monoisotopic (exact) mass is 392 g/mol. The van der Waals surface area contributed by atoms with Crippen molar-refractivity contribution in [2.24, 2.45) is 0 Å². The summed E-state index contributed by atoms with van der Waals surface area (Å²) in [5, 5.41) is 13.1. The molecule has 1 aromatic heterocycles. The standard InChI is InChI=1S/C21H16N2O6/c24-20-18-17-14(29-19(18)9-1-3-13-15(6-9)28-8-27-13)4-2-11-16(17)10(7-22-11)5-12(23-20)21(25)26/h1-4,6-7,12,18-19,22H,5,8H2,(H,23,24)(H,25,26)/t12?,18-,19-/m1/s1. The predicted molar refractivity (Wildman–Crippen MR) is 100 cm³/mol. The van der Waals surface area contributed by atoms with Crippen LogP contribution in [0.15, 0.2) is 36.5 Å². The lowest BCUT2D eigenvalue weighted by Gasteiger charge is -2.24. The highest BCUT2D eigenvalue weighted by Gasteiger charge is 2.45. The van der Waals surface area contributed by atoms with Crippen molar-refractivity contribution in [1.82, 2.24) is 10.3 Å². The van der Waals surface area contributed by atoms with Crippen LogP contribution in [-0.2, 0) is 16.0 Å². The van der Waals surface area contributed by atoms with Crippen molar-refractivity contribution in [2.75, 3.05) is 6.79 Å². The zero-order chi connectivity index (χ0) is 19.7. The van der Waals surface area contributed by atoms with E-state index < -0.39 is 24.0 Å². The third-order valence-corrected chi connectivity index (χ3v) is 5.84. The first-order chi connectivity index (χ1) is 14.1. The Balaban J connectivity index is 1.54. The van der Waals surface area contributed by atoms with E-state index in [2.05, 4.69) is 10.3 Å². The van der Waals surface area contributed by atoms with Gasteiger partial charge in [0.25, 0.3) is 0 Å². The van der Waals surface area contributed by atoms with Crippen LogP contribution in [0.5, 0.6) is 17.2 Å². The molecule has 3 atom stereocenters. The molecule has 0 radical (unpaired) electrons. The number of aromatic nitrogens is 1. The Bertz CT molecular complexity index is 1200. The summed E-state index contributed by atoms with van der Waals surface area (Å²) in [5.41, 5.74) is 3.27. The average molecular weight is 392 g/mol. The van der Waals surface area contributed by atoms with Crippen LogP contribution >= 0.6 is 0 Å². The van der Waals surface area contributed by atoms with Gasteiger partial charge < -0.3 is 29.6 Å². The Morgan fingerprint density at radius 2 is 1.93 bits per heavy atom. The number of aliphatic carboxylic acids is 1. The molecular formula is C21H16N2O6. The minimum Gasteiger partial charge on any atom is -0.484 e. The number of H-pyrrole nitrogens is 1. The fraction of sp³-hybridized carbons (Fsp3) is 0.238. The molecule has 3 aromatic rings. The van der Waals surface area contributed by atoms with Crippen LogP contribution in [0.2, 0.25) is 0 Å². The number of rotatable bonds is 2. The smallest absolute Gasteiger partial charge is 0.326 e. The third-order valence-electron chi connectivity index (χ3n) is 5.84. The molecule has 29 heavy (non-hydrogen) atoms. The topological polar surface area (TPSA) is 110 Å². The number of aromatic amines is 1. The highest BCUT2D eigenvalue weighted by atomic mass is 16.7. The van der Waals surface area contributed by atoms with E-state index >= 15 is 0 Å². The van der Waals surface area contributed by atoms with Gasteiger partial charge in [-0.15, -0.1) is 0 Å². The maximum atomic E-state index is 13.2. The van der Waals surface area contributed by atoms with Crippen LogP contribution in [0.4, 0.5) is 0 Å². The number of amides is 1. The second kappa shape index (κ2) is 5.66. The maximum Gasteiger partial charge on any atom is 0.326 e.